The fourth-order valence-corrected chi connectivity index (χ4v) is 6.68. The number of nitrogens with two attached hydrogens (primary N) is 1. The number of carbonyl (C=O) groups excluding carboxylic acids is 2. The van der Waals surface area contributed by atoms with Gasteiger partial charge < -0.3 is 25.2 Å². The second-order valence-corrected chi connectivity index (χ2v) is 16.3. The highest BCUT2D eigenvalue weighted by Gasteiger charge is 2.28. The second kappa shape index (κ2) is 39.5. The van der Waals surface area contributed by atoms with Gasteiger partial charge in [0.25, 0.3) is 0 Å². The number of carboxylic acids is 1. The topological polar surface area (TPSA) is 172 Å². The van der Waals surface area contributed by atoms with Gasteiger partial charge in [0.1, 0.15) is 12.6 Å². The van der Waals surface area contributed by atoms with E-state index in [0.29, 0.717) is 19.3 Å². The van der Waals surface area contributed by atoms with E-state index in [1.165, 1.54) is 109 Å². The number of ether oxygens (including phenoxy) is 2. The Morgan fingerprint density at radius 2 is 0.964 bits per heavy atom. The number of unbranched alkanes of at least 4 members (excludes halogenated alkanes) is 21. The molecule has 326 valence electrons. The van der Waals surface area contributed by atoms with Crippen molar-refractivity contribution in [2.24, 2.45) is 5.73 Å². The molecular weight excluding hydrogens is 733 g/mol. The van der Waals surface area contributed by atoms with E-state index >= 15 is 0 Å². The van der Waals surface area contributed by atoms with Gasteiger partial charge in [-0.25, -0.2) is 4.57 Å². The molecule has 0 bridgehead atoms. The molecule has 0 fully saturated rings. The van der Waals surface area contributed by atoms with Crippen LogP contribution in [-0.2, 0) is 37.5 Å². The number of hydrogen-bond acceptors (Lipinski definition) is 9. The summed E-state index contributed by atoms with van der Waals surface area (Å²) in [4.78, 5) is 45.9. The standard InChI is InChI=1S/C44H80NO10P/c1-3-5-7-9-11-13-15-17-19-20-22-23-25-27-29-31-33-35-42(46)52-37-40(38-53-56(50,51)54-39-41(45)44(48)49)55-43(47)36-34-32-30-28-26-24-21-18-16-14-12-10-8-6-4-2/h17,19,22-23,27,29,40-41H,3-16,18,20-21,24-26,28,30-39,45H2,1-2H3,(H,48,49)(H,50,51). The third kappa shape index (κ3) is 38.6. The van der Waals surface area contributed by atoms with Gasteiger partial charge in [-0.15, -0.1) is 0 Å². The molecule has 0 aromatic carbocycles. The number of hydrogen-bond donors (Lipinski definition) is 3. The van der Waals surface area contributed by atoms with Crippen molar-refractivity contribution in [2.45, 2.75) is 206 Å². The maximum absolute atomic E-state index is 12.6. The molecule has 0 saturated carbocycles. The minimum atomic E-state index is -4.72. The molecule has 0 heterocycles. The van der Waals surface area contributed by atoms with Crippen LogP contribution in [0.25, 0.3) is 0 Å². The fourth-order valence-electron chi connectivity index (χ4n) is 5.90. The smallest absolute Gasteiger partial charge is 0.472 e. The van der Waals surface area contributed by atoms with Gasteiger partial charge in [-0.05, 0) is 44.9 Å². The lowest BCUT2D eigenvalue weighted by molar-refractivity contribution is -0.161. The van der Waals surface area contributed by atoms with Crippen LogP contribution in [0.15, 0.2) is 36.5 Å². The summed E-state index contributed by atoms with van der Waals surface area (Å²) < 4.78 is 32.6. The molecule has 11 nitrogen and oxygen atoms in total. The molecule has 0 aliphatic heterocycles. The maximum Gasteiger partial charge on any atom is 0.472 e. The van der Waals surface area contributed by atoms with Crippen molar-refractivity contribution in [2.75, 3.05) is 19.8 Å². The Morgan fingerprint density at radius 3 is 1.46 bits per heavy atom. The molecule has 0 radical (unpaired) electrons. The quantitative estimate of drug-likeness (QED) is 0.0232. The number of allylic oxidation sites excluding steroid dienone is 6. The summed E-state index contributed by atoms with van der Waals surface area (Å²) in [5, 5.41) is 8.88. The number of carboxylic acid groups (broad SMARTS) is 1. The number of rotatable bonds is 41. The average molecular weight is 814 g/mol. The zero-order valence-electron chi connectivity index (χ0n) is 35.2. The van der Waals surface area contributed by atoms with E-state index in [9.17, 15) is 23.8 Å². The Labute approximate surface area is 340 Å². The van der Waals surface area contributed by atoms with Crippen LogP contribution in [0.4, 0.5) is 0 Å². The van der Waals surface area contributed by atoms with Crippen LogP contribution in [-0.4, -0.2) is 59.9 Å². The molecular formula is C44H80NO10P. The first-order valence-corrected chi connectivity index (χ1v) is 23.5. The highest BCUT2D eigenvalue weighted by atomic mass is 31.2. The SMILES string of the molecule is CCCCCCCCC=CCC=CCC=CCCCC(=O)OCC(COP(=O)(O)OCC(N)C(=O)O)OC(=O)CCCCCCCCCCCCCCCCC. The molecule has 4 N–H and O–H groups in total. The molecule has 0 aliphatic rings. The number of carbonyl (C=O) groups is 3. The van der Waals surface area contributed by atoms with E-state index in [1.807, 2.05) is 6.08 Å². The summed E-state index contributed by atoms with van der Waals surface area (Å²) in [5.41, 5.74) is 5.33. The van der Waals surface area contributed by atoms with Crippen molar-refractivity contribution in [3.8, 4) is 0 Å². The summed E-state index contributed by atoms with van der Waals surface area (Å²) in [5.74, 6) is -2.44. The molecule has 0 aliphatic carbocycles. The van der Waals surface area contributed by atoms with Crippen LogP contribution in [0, 0.1) is 0 Å². The summed E-state index contributed by atoms with van der Waals surface area (Å²) in [7, 11) is -4.72. The van der Waals surface area contributed by atoms with E-state index in [-0.39, 0.29) is 19.4 Å². The van der Waals surface area contributed by atoms with Gasteiger partial charge in [0, 0.05) is 12.8 Å². The van der Waals surface area contributed by atoms with Crippen LogP contribution in [0.1, 0.15) is 194 Å². The lowest BCUT2D eigenvalue weighted by Gasteiger charge is -2.20. The zero-order valence-corrected chi connectivity index (χ0v) is 36.1. The van der Waals surface area contributed by atoms with Gasteiger partial charge in [0.15, 0.2) is 6.10 Å². The predicted octanol–water partition coefficient (Wildman–Crippen LogP) is 11.6. The zero-order chi connectivity index (χ0) is 41.4. The Bertz CT molecular complexity index is 1100. The minimum absolute atomic E-state index is 0.152. The van der Waals surface area contributed by atoms with E-state index in [2.05, 4.69) is 48.8 Å². The maximum atomic E-state index is 12.6. The van der Waals surface area contributed by atoms with Gasteiger partial charge >= 0.3 is 25.7 Å². The van der Waals surface area contributed by atoms with Crippen molar-refractivity contribution < 1.29 is 47.5 Å². The van der Waals surface area contributed by atoms with Gasteiger partial charge in [-0.2, -0.15) is 0 Å². The Kier molecular flexibility index (Phi) is 37.9. The average Bonchev–Trinajstić information content (AvgIpc) is 3.17. The van der Waals surface area contributed by atoms with Crippen LogP contribution < -0.4 is 5.73 Å². The van der Waals surface area contributed by atoms with Gasteiger partial charge in [-0.1, -0.05) is 172 Å². The van der Waals surface area contributed by atoms with E-state index in [4.69, 9.17) is 24.8 Å². The molecule has 56 heavy (non-hydrogen) atoms. The molecule has 0 amide bonds. The first-order chi connectivity index (χ1) is 27.1. The lowest BCUT2D eigenvalue weighted by atomic mass is 10.0. The van der Waals surface area contributed by atoms with E-state index in [0.717, 1.165) is 38.5 Å². The molecule has 3 unspecified atom stereocenters. The van der Waals surface area contributed by atoms with Crippen LogP contribution in [0.2, 0.25) is 0 Å². The number of phosphoric ester groups is 1. The van der Waals surface area contributed by atoms with Crippen molar-refractivity contribution in [1.29, 1.82) is 0 Å². The molecule has 0 rings (SSSR count). The summed E-state index contributed by atoms with van der Waals surface area (Å²) in [6.07, 6.45) is 42.1. The van der Waals surface area contributed by atoms with Crippen molar-refractivity contribution >= 4 is 25.7 Å². The summed E-state index contributed by atoms with van der Waals surface area (Å²) in [6, 6.07) is -1.53. The van der Waals surface area contributed by atoms with Crippen molar-refractivity contribution in [3.63, 3.8) is 0 Å². The largest absolute Gasteiger partial charge is 0.480 e. The minimum Gasteiger partial charge on any atom is -0.480 e. The van der Waals surface area contributed by atoms with Crippen molar-refractivity contribution in [1.82, 2.24) is 0 Å². The Hall–Kier alpha value is -2.30. The third-order valence-corrected chi connectivity index (χ3v) is 10.3. The van der Waals surface area contributed by atoms with Crippen LogP contribution in [0.3, 0.4) is 0 Å². The Balaban J connectivity index is 4.43. The number of phosphoric acid groups is 1. The molecule has 3 atom stereocenters. The monoisotopic (exact) mass is 814 g/mol. The molecule has 0 saturated heterocycles. The van der Waals surface area contributed by atoms with Crippen LogP contribution >= 0.6 is 7.82 Å². The highest BCUT2D eigenvalue weighted by Crippen LogP contribution is 2.43. The van der Waals surface area contributed by atoms with E-state index < -0.39 is 51.1 Å². The third-order valence-electron chi connectivity index (χ3n) is 9.39. The second-order valence-electron chi connectivity index (χ2n) is 14.8. The number of aliphatic carboxylic acids is 1. The molecule has 0 aromatic rings. The van der Waals surface area contributed by atoms with E-state index in [1.54, 1.807) is 0 Å². The lowest BCUT2D eigenvalue weighted by Crippen LogP contribution is -2.34. The first kappa shape index (κ1) is 53.7. The van der Waals surface area contributed by atoms with Gasteiger partial charge in [0.05, 0.1) is 13.2 Å². The molecule has 12 heteroatoms. The van der Waals surface area contributed by atoms with Crippen molar-refractivity contribution in [3.05, 3.63) is 36.5 Å². The highest BCUT2D eigenvalue weighted by molar-refractivity contribution is 7.47. The fraction of sp³-hybridized carbons (Fsp3) is 0.795. The van der Waals surface area contributed by atoms with Gasteiger partial charge in [-0.3, -0.25) is 23.4 Å². The summed E-state index contributed by atoms with van der Waals surface area (Å²) in [6.45, 7) is 2.75. The normalized spacial score (nSPS) is 14.1. The first-order valence-electron chi connectivity index (χ1n) is 22.0. The number of esters is 2. The molecule has 0 aromatic heterocycles. The summed E-state index contributed by atoms with van der Waals surface area (Å²) >= 11 is 0. The Morgan fingerprint density at radius 1 is 0.554 bits per heavy atom. The predicted molar refractivity (Wildman–Crippen MR) is 226 cm³/mol. The van der Waals surface area contributed by atoms with Crippen LogP contribution in [0.5, 0.6) is 0 Å². The van der Waals surface area contributed by atoms with Gasteiger partial charge in [0.2, 0.25) is 0 Å². The molecule has 0 spiro atoms.